The highest BCUT2D eigenvalue weighted by Crippen LogP contribution is 2.50. The van der Waals surface area contributed by atoms with Crippen molar-refractivity contribution in [1.29, 1.82) is 0 Å². The monoisotopic (exact) mass is 432 g/mol. The first-order valence-electron chi connectivity index (χ1n) is 11.4. The Morgan fingerprint density at radius 3 is 2.44 bits per heavy atom. The highest BCUT2D eigenvalue weighted by molar-refractivity contribution is 5.60. The Hall–Kier alpha value is -2.54. The molecule has 0 bridgehead atoms. The van der Waals surface area contributed by atoms with E-state index in [4.69, 9.17) is 4.74 Å². The number of likely N-dealkylation sites (tertiary alicyclic amines) is 1. The van der Waals surface area contributed by atoms with Crippen LogP contribution in [-0.4, -0.2) is 58.5 Å². The van der Waals surface area contributed by atoms with Crippen LogP contribution in [0.5, 0.6) is 0 Å². The molecule has 2 aliphatic rings. The molecule has 6 nitrogen and oxygen atoms in total. The van der Waals surface area contributed by atoms with Crippen LogP contribution in [0, 0.1) is 5.41 Å². The van der Waals surface area contributed by atoms with Crippen LogP contribution in [-0.2, 0) is 10.3 Å². The van der Waals surface area contributed by atoms with Gasteiger partial charge in [0, 0.05) is 53.6 Å². The van der Waals surface area contributed by atoms with Crippen molar-refractivity contribution in [2.24, 2.45) is 5.41 Å². The number of rotatable bonds is 6. The van der Waals surface area contributed by atoms with E-state index in [1.807, 2.05) is 12.3 Å². The van der Waals surface area contributed by atoms with Crippen molar-refractivity contribution in [3.05, 3.63) is 71.2 Å². The molecule has 2 N–H and O–H groups in total. The fourth-order valence-corrected chi connectivity index (χ4v) is 5.23. The Labute approximate surface area is 189 Å². The van der Waals surface area contributed by atoms with Crippen LogP contribution < -0.4 is 0 Å². The van der Waals surface area contributed by atoms with Gasteiger partial charge in [-0.3, -0.25) is 10.1 Å². The summed E-state index contributed by atoms with van der Waals surface area (Å²) in [5, 5.41) is 20.0. The summed E-state index contributed by atoms with van der Waals surface area (Å²) in [7, 11) is 2.09. The molecule has 6 heteroatoms. The molecule has 0 amide bonds. The molecule has 0 aliphatic carbocycles. The van der Waals surface area contributed by atoms with Crippen LogP contribution in [0.4, 0.5) is 0 Å². The van der Waals surface area contributed by atoms with Crippen molar-refractivity contribution in [2.45, 2.75) is 38.2 Å². The van der Waals surface area contributed by atoms with Crippen molar-refractivity contribution >= 4 is 0 Å². The van der Waals surface area contributed by atoms with Crippen molar-refractivity contribution in [3.8, 4) is 11.3 Å². The Balaban J connectivity index is 1.56. The molecule has 32 heavy (non-hydrogen) atoms. The summed E-state index contributed by atoms with van der Waals surface area (Å²) in [6.45, 7) is 9.63. The summed E-state index contributed by atoms with van der Waals surface area (Å²) >= 11 is 0. The van der Waals surface area contributed by atoms with Gasteiger partial charge in [0.1, 0.15) is 5.60 Å². The number of aliphatic hydroxyl groups is 1. The zero-order chi connectivity index (χ0) is 22.5. The minimum Gasteiger partial charge on any atom is -0.380 e. The quantitative estimate of drug-likeness (QED) is 0.618. The first-order chi connectivity index (χ1) is 15.3. The number of hydrogen-bond donors (Lipinski definition) is 2. The number of benzene rings is 1. The molecule has 1 atom stereocenters. The van der Waals surface area contributed by atoms with Gasteiger partial charge in [-0.25, -0.2) is 0 Å². The lowest BCUT2D eigenvalue weighted by atomic mass is 9.62. The topological polar surface area (TPSA) is 74.3 Å². The van der Waals surface area contributed by atoms with Crippen LogP contribution in [0.3, 0.4) is 0 Å². The second kappa shape index (κ2) is 7.80. The lowest BCUT2D eigenvalue weighted by Gasteiger charge is -2.55. The van der Waals surface area contributed by atoms with E-state index in [0.717, 1.165) is 54.4 Å². The molecule has 4 heterocycles. The van der Waals surface area contributed by atoms with Gasteiger partial charge >= 0.3 is 0 Å². The highest BCUT2D eigenvalue weighted by Gasteiger charge is 2.55. The van der Waals surface area contributed by atoms with Gasteiger partial charge in [-0.15, -0.1) is 0 Å². The number of aromatic amines is 1. The smallest absolute Gasteiger partial charge is 0.124 e. The van der Waals surface area contributed by atoms with Gasteiger partial charge in [-0.05, 0) is 36.2 Å². The summed E-state index contributed by atoms with van der Waals surface area (Å²) in [6, 6.07) is 12.5. The van der Waals surface area contributed by atoms with Crippen molar-refractivity contribution < 1.29 is 9.84 Å². The summed E-state index contributed by atoms with van der Waals surface area (Å²) in [6.07, 6.45) is 3.62. The predicted molar refractivity (Wildman–Crippen MR) is 125 cm³/mol. The first kappa shape index (κ1) is 21.3. The largest absolute Gasteiger partial charge is 0.380 e. The fourth-order valence-electron chi connectivity index (χ4n) is 5.23. The number of hydrogen-bond acceptors (Lipinski definition) is 5. The van der Waals surface area contributed by atoms with Gasteiger partial charge in [0.15, 0.2) is 0 Å². The SMILES string of the molecule is CC(C)c1ccc([C@](O)(c2cncc(-c3cc(C4COC4)[nH]n3)c2)C2(C)CN(C)C2)cc1. The minimum absolute atomic E-state index is 0.318. The summed E-state index contributed by atoms with van der Waals surface area (Å²) < 4.78 is 5.31. The van der Waals surface area contributed by atoms with E-state index in [1.165, 1.54) is 5.56 Å². The fraction of sp³-hybridized carbons (Fsp3) is 0.462. The Kier molecular flexibility index (Phi) is 5.19. The molecule has 3 aromatic rings. The van der Waals surface area contributed by atoms with E-state index in [2.05, 4.69) is 78.2 Å². The molecule has 2 saturated heterocycles. The van der Waals surface area contributed by atoms with Gasteiger partial charge in [-0.2, -0.15) is 5.10 Å². The zero-order valence-corrected chi connectivity index (χ0v) is 19.3. The molecule has 0 spiro atoms. The third-order valence-electron chi connectivity index (χ3n) is 7.23. The van der Waals surface area contributed by atoms with E-state index in [9.17, 15) is 5.11 Å². The van der Waals surface area contributed by atoms with Crippen LogP contribution in [0.2, 0.25) is 0 Å². The Bertz CT molecular complexity index is 1100. The standard InChI is InChI=1S/C26H32N4O2/c1-17(2)18-5-7-21(8-6-18)26(31,25(3)15-30(4)16-25)22-9-19(11-27-12-22)23-10-24(29-28-23)20-13-32-14-20/h5-12,17,20,31H,13-16H2,1-4H3,(H,28,29)/t26-/m0/s1. The molecular weight excluding hydrogens is 400 g/mol. The zero-order valence-electron chi connectivity index (χ0n) is 19.3. The number of pyridine rings is 1. The second-order valence-electron chi connectivity index (χ2n) is 10.1. The number of ether oxygens (including phenoxy) is 1. The number of H-pyrrole nitrogens is 1. The molecule has 0 radical (unpaired) electrons. The maximum atomic E-state index is 12.4. The normalized spacial score (nSPS) is 20.6. The lowest BCUT2D eigenvalue weighted by molar-refractivity contribution is -0.127. The first-order valence-corrected chi connectivity index (χ1v) is 11.4. The van der Waals surface area contributed by atoms with Gasteiger partial charge in [0.25, 0.3) is 0 Å². The summed E-state index contributed by atoms with van der Waals surface area (Å²) in [5.41, 5.74) is 4.34. The Morgan fingerprint density at radius 2 is 1.84 bits per heavy atom. The number of nitrogens with zero attached hydrogens (tertiary/aromatic N) is 3. The van der Waals surface area contributed by atoms with Crippen molar-refractivity contribution in [3.63, 3.8) is 0 Å². The minimum atomic E-state index is -1.15. The molecule has 2 aromatic heterocycles. The van der Waals surface area contributed by atoms with E-state index >= 15 is 0 Å². The van der Waals surface area contributed by atoms with Crippen LogP contribution in [0.15, 0.2) is 48.8 Å². The Morgan fingerprint density at radius 1 is 1.12 bits per heavy atom. The molecule has 0 unspecified atom stereocenters. The molecule has 2 fully saturated rings. The lowest BCUT2D eigenvalue weighted by Crippen LogP contribution is -2.63. The summed E-state index contributed by atoms with van der Waals surface area (Å²) in [4.78, 5) is 6.77. The van der Waals surface area contributed by atoms with Crippen LogP contribution >= 0.6 is 0 Å². The number of nitrogens with one attached hydrogen (secondary N) is 1. The molecule has 5 rings (SSSR count). The highest BCUT2D eigenvalue weighted by atomic mass is 16.5. The molecule has 1 aromatic carbocycles. The van der Waals surface area contributed by atoms with Crippen molar-refractivity contribution in [1.82, 2.24) is 20.1 Å². The third kappa shape index (κ3) is 3.38. The maximum absolute atomic E-state index is 12.4. The van der Waals surface area contributed by atoms with E-state index in [0.29, 0.717) is 11.8 Å². The maximum Gasteiger partial charge on any atom is 0.124 e. The molecule has 2 aliphatic heterocycles. The molecular formula is C26H32N4O2. The average Bonchev–Trinajstić information content (AvgIpc) is 3.20. The van der Waals surface area contributed by atoms with Crippen LogP contribution in [0.25, 0.3) is 11.3 Å². The third-order valence-corrected chi connectivity index (χ3v) is 7.23. The van der Waals surface area contributed by atoms with Gasteiger partial charge in [0.2, 0.25) is 0 Å². The predicted octanol–water partition coefficient (Wildman–Crippen LogP) is 3.90. The van der Waals surface area contributed by atoms with Gasteiger partial charge < -0.3 is 14.7 Å². The molecule has 0 saturated carbocycles. The van der Waals surface area contributed by atoms with E-state index < -0.39 is 5.60 Å². The summed E-state index contributed by atoms with van der Waals surface area (Å²) in [5.74, 6) is 0.829. The molecule has 168 valence electrons. The van der Waals surface area contributed by atoms with Crippen molar-refractivity contribution in [2.75, 3.05) is 33.4 Å². The average molecular weight is 433 g/mol. The van der Waals surface area contributed by atoms with E-state index in [1.54, 1.807) is 6.20 Å². The van der Waals surface area contributed by atoms with Gasteiger partial charge in [0.05, 0.1) is 18.9 Å². The number of aromatic nitrogens is 3. The van der Waals surface area contributed by atoms with Gasteiger partial charge in [-0.1, -0.05) is 45.0 Å². The van der Waals surface area contributed by atoms with Crippen LogP contribution in [0.1, 0.15) is 55.0 Å². The van der Waals surface area contributed by atoms with E-state index in [-0.39, 0.29) is 5.41 Å². The second-order valence-corrected chi connectivity index (χ2v) is 10.1.